The molecule has 0 aliphatic heterocycles. The maximum atomic E-state index is 12.3. The van der Waals surface area contributed by atoms with Gasteiger partial charge >= 0.3 is 5.97 Å². The van der Waals surface area contributed by atoms with Crippen molar-refractivity contribution in [2.45, 2.75) is 6.42 Å². The predicted octanol–water partition coefficient (Wildman–Crippen LogP) is 3.43. The number of hydrogen-bond acceptors (Lipinski definition) is 5. The van der Waals surface area contributed by atoms with Crippen LogP contribution in [0, 0.1) is 0 Å². The zero-order valence-corrected chi connectivity index (χ0v) is 15.7. The normalized spacial score (nSPS) is 10.1. The first-order valence-electron chi connectivity index (χ1n) is 7.37. The lowest BCUT2D eigenvalue weighted by Crippen LogP contribution is -2.17. The Hall–Kier alpha value is -2.54. The molecular formula is C18H18BrNO5. The van der Waals surface area contributed by atoms with Crippen LogP contribution < -0.4 is 14.8 Å². The van der Waals surface area contributed by atoms with Gasteiger partial charge in [-0.3, -0.25) is 4.79 Å². The molecule has 0 aromatic heterocycles. The molecule has 2 aromatic rings. The summed E-state index contributed by atoms with van der Waals surface area (Å²) in [6.45, 7) is 0. The standard InChI is InChI=1S/C18H18BrNO5/c1-23-15-9-13(18(22)25-3)14(10-16(15)24-2)20-17(21)8-11-4-6-12(19)7-5-11/h4-7,9-10H,8H2,1-3H3,(H,20,21). The quantitative estimate of drug-likeness (QED) is 0.742. The summed E-state index contributed by atoms with van der Waals surface area (Å²) in [5, 5.41) is 2.73. The molecule has 6 nitrogen and oxygen atoms in total. The lowest BCUT2D eigenvalue weighted by molar-refractivity contribution is -0.115. The van der Waals surface area contributed by atoms with Gasteiger partial charge in [-0.15, -0.1) is 0 Å². The van der Waals surface area contributed by atoms with Crippen LogP contribution in [-0.4, -0.2) is 33.2 Å². The molecule has 0 heterocycles. The van der Waals surface area contributed by atoms with E-state index in [1.54, 1.807) is 0 Å². The number of benzene rings is 2. The second-order valence-electron chi connectivity index (χ2n) is 5.10. The Kier molecular flexibility index (Phi) is 6.41. The number of methoxy groups -OCH3 is 3. The number of carbonyl (C=O) groups is 2. The van der Waals surface area contributed by atoms with Crippen molar-refractivity contribution < 1.29 is 23.8 Å². The van der Waals surface area contributed by atoms with Gasteiger partial charge in [0, 0.05) is 16.6 Å². The van der Waals surface area contributed by atoms with Crippen molar-refractivity contribution in [2.24, 2.45) is 0 Å². The van der Waals surface area contributed by atoms with Crippen molar-refractivity contribution in [1.82, 2.24) is 0 Å². The van der Waals surface area contributed by atoms with E-state index in [1.165, 1.54) is 33.5 Å². The topological polar surface area (TPSA) is 73.9 Å². The maximum Gasteiger partial charge on any atom is 0.340 e. The molecule has 0 spiro atoms. The molecule has 0 saturated heterocycles. The molecule has 0 aliphatic carbocycles. The van der Waals surface area contributed by atoms with Crippen molar-refractivity contribution in [2.75, 3.05) is 26.6 Å². The summed E-state index contributed by atoms with van der Waals surface area (Å²) in [4.78, 5) is 24.3. The van der Waals surface area contributed by atoms with Crippen LogP contribution >= 0.6 is 15.9 Å². The molecule has 0 saturated carbocycles. The van der Waals surface area contributed by atoms with Gasteiger partial charge in [0.05, 0.1) is 39.0 Å². The molecule has 1 amide bonds. The van der Waals surface area contributed by atoms with Crippen LogP contribution in [0.1, 0.15) is 15.9 Å². The number of ether oxygens (including phenoxy) is 3. The second kappa shape index (κ2) is 8.53. The van der Waals surface area contributed by atoms with Gasteiger partial charge in [0.15, 0.2) is 11.5 Å². The van der Waals surface area contributed by atoms with Gasteiger partial charge in [-0.25, -0.2) is 4.79 Å². The molecule has 2 aromatic carbocycles. The van der Waals surface area contributed by atoms with Crippen molar-refractivity contribution in [1.29, 1.82) is 0 Å². The van der Waals surface area contributed by atoms with E-state index >= 15 is 0 Å². The summed E-state index contributed by atoms with van der Waals surface area (Å²) >= 11 is 3.35. The van der Waals surface area contributed by atoms with E-state index < -0.39 is 5.97 Å². The van der Waals surface area contributed by atoms with Crippen LogP contribution in [0.3, 0.4) is 0 Å². The lowest BCUT2D eigenvalue weighted by Gasteiger charge is -2.14. The third kappa shape index (κ3) is 4.73. The van der Waals surface area contributed by atoms with E-state index in [1.807, 2.05) is 24.3 Å². The first kappa shape index (κ1) is 18.8. The third-order valence-corrected chi connectivity index (χ3v) is 4.01. The molecule has 1 N–H and O–H groups in total. The van der Waals surface area contributed by atoms with E-state index in [0.717, 1.165) is 10.0 Å². The van der Waals surface area contributed by atoms with E-state index in [-0.39, 0.29) is 17.9 Å². The van der Waals surface area contributed by atoms with Crippen LogP contribution in [0.15, 0.2) is 40.9 Å². The number of esters is 1. The van der Waals surface area contributed by atoms with Gasteiger partial charge in [-0.2, -0.15) is 0 Å². The van der Waals surface area contributed by atoms with Crippen molar-refractivity contribution in [3.8, 4) is 11.5 Å². The molecule has 0 atom stereocenters. The average molecular weight is 408 g/mol. The summed E-state index contributed by atoms with van der Waals surface area (Å²) < 4.78 is 16.1. The molecule has 2 rings (SSSR count). The highest BCUT2D eigenvalue weighted by Crippen LogP contribution is 2.33. The zero-order valence-electron chi connectivity index (χ0n) is 14.1. The SMILES string of the molecule is COC(=O)c1cc(OC)c(OC)cc1NC(=O)Cc1ccc(Br)cc1. The number of rotatable bonds is 6. The molecule has 7 heteroatoms. The highest BCUT2D eigenvalue weighted by molar-refractivity contribution is 9.10. The summed E-state index contributed by atoms with van der Waals surface area (Å²) in [5.41, 5.74) is 1.33. The number of amides is 1. The summed E-state index contributed by atoms with van der Waals surface area (Å²) in [6.07, 6.45) is 0.169. The van der Waals surface area contributed by atoms with Crippen LogP contribution in [0.5, 0.6) is 11.5 Å². The number of hydrogen-bond donors (Lipinski definition) is 1. The predicted molar refractivity (Wildman–Crippen MR) is 97.4 cm³/mol. The Balaban J connectivity index is 2.28. The smallest absolute Gasteiger partial charge is 0.340 e. The number of nitrogens with one attached hydrogen (secondary N) is 1. The minimum absolute atomic E-state index is 0.169. The Morgan fingerprint density at radius 1 is 1.00 bits per heavy atom. The number of halogens is 1. The highest BCUT2D eigenvalue weighted by Gasteiger charge is 2.19. The van der Waals surface area contributed by atoms with Crippen molar-refractivity contribution in [3.63, 3.8) is 0 Å². The summed E-state index contributed by atoms with van der Waals surface area (Å²) in [7, 11) is 4.21. The van der Waals surface area contributed by atoms with Gasteiger partial charge in [0.1, 0.15) is 0 Å². The van der Waals surface area contributed by atoms with Crippen LogP contribution in [0.2, 0.25) is 0 Å². The molecule has 0 fully saturated rings. The van der Waals surface area contributed by atoms with Crippen LogP contribution in [-0.2, 0) is 16.0 Å². The van der Waals surface area contributed by atoms with Crippen LogP contribution in [0.4, 0.5) is 5.69 Å². The minimum atomic E-state index is -0.583. The Labute approximate surface area is 154 Å². The van der Waals surface area contributed by atoms with Gasteiger partial charge in [-0.05, 0) is 17.7 Å². The molecule has 25 heavy (non-hydrogen) atoms. The fourth-order valence-electron chi connectivity index (χ4n) is 2.24. The Morgan fingerprint density at radius 2 is 1.60 bits per heavy atom. The first-order valence-corrected chi connectivity index (χ1v) is 8.16. The second-order valence-corrected chi connectivity index (χ2v) is 6.01. The summed E-state index contributed by atoms with van der Waals surface area (Å²) in [6, 6.07) is 10.4. The van der Waals surface area contributed by atoms with E-state index in [2.05, 4.69) is 21.2 Å². The Morgan fingerprint density at radius 3 is 2.16 bits per heavy atom. The molecule has 0 bridgehead atoms. The molecule has 0 radical (unpaired) electrons. The molecule has 132 valence electrons. The van der Waals surface area contributed by atoms with Crippen LogP contribution in [0.25, 0.3) is 0 Å². The molecule has 0 aliphatic rings. The first-order chi connectivity index (χ1) is 12.0. The van der Waals surface area contributed by atoms with Gasteiger partial charge in [-0.1, -0.05) is 28.1 Å². The zero-order chi connectivity index (χ0) is 18.4. The fraction of sp³-hybridized carbons (Fsp3) is 0.222. The van der Waals surface area contributed by atoms with Crippen molar-refractivity contribution in [3.05, 3.63) is 52.0 Å². The maximum absolute atomic E-state index is 12.3. The largest absolute Gasteiger partial charge is 0.493 e. The van der Waals surface area contributed by atoms with E-state index in [0.29, 0.717) is 17.2 Å². The monoisotopic (exact) mass is 407 g/mol. The van der Waals surface area contributed by atoms with Gasteiger partial charge < -0.3 is 19.5 Å². The molecule has 0 unspecified atom stereocenters. The van der Waals surface area contributed by atoms with E-state index in [9.17, 15) is 9.59 Å². The molecular weight excluding hydrogens is 390 g/mol. The Bertz CT molecular complexity index is 774. The number of anilines is 1. The third-order valence-electron chi connectivity index (χ3n) is 3.48. The average Bonchev–Trinajstić information content (AvgIpc) is 2.62. The lowest BCUT2D eigenvalue weighted by atomic mass is 10.1. The number of carbonyl (C=O) groups excluding carboxylic acids is 2. The highest BCUT2D eigenvalue weighted by atomic mass is 79.9. The fourth-order valence-corrected chi connectivity index (χ4v) is 2.51. The minimum Gasteiger partial charge on any atom is -0.493 e. The van der Waals surface area contributed by atoms with Crippen molar-refractivity contribution >= 4 is 33.5 Å². The summed E-state index contributed by atoms with van der Waals surface area (Å²) in [5.74, 6) is -0.0810. The van der Waals surface area contributed by atoms with E-state index in [4.69, 9.17) is 14.2 Å². The van der Waals surface area contributed by atoms with Gasteiger partial charge in [0.2, 0.25) is 5.91 Å². The van der Waals surface area contributed by atoms with Gasteiger partial charge in [0.25, 0.3) is 0 Å².